The molecule has 1 N–H and O–H groups in total. The lowest BCUT2D eigenvalue weighted by Crippen LogP contribution is -2.44. The highest BCUT2D eigenvalue weighted by Gasteiger charge is 2.62. The summed E-state index contributed by atoms with van der Waals surface area (Å²) in [6.07, 6.45) is 5.98. The minimum absolute atomic E-state index is 0.0794. The Balaban J connectivity index is 1.35. The van der Waals surface area contributed by atoms with Gasteiger partial charge >= 0.3 is 0 Å². The molecule has 1 spiro atoms. The van der Waals surface area contributed by atoms with Crippen molar-refractivity contribution in [3.63, 3.8) is 0 Å². The third kappa shape index (κ3) is 3.63. The highest BCUT2D eigenvalue weighted by atomic mass is 16.5. The van der Waals surface area contributed by atoms with Gasteiger partial charge in [-0.2, -0.15) is 0 Å². The number of hydrogen-bond acceptors (Lipinski definition) is 4. The summed E-state index contributed by atoms with van der Waals surface area (Å²) < 4.78 is 6.45. The Bertz CT molecular complexity index is 596. The first-order chi connectivity index (χ1) is 12.8. The van der Waals surface area contributed by atoms with Gasteiger partial charge in [0, 0.05) is 50.0 Å². The van der Waals surface area contributed by atoms with Crippen LogP contribution in [0.3, 0.4) is 0 Å². The molecule has 152 valence electrons. The van der Waals surface area contributed by atoms with Gasteiger partial charge in [0.2, 0.25) is 11.8 Å². The molecule has 27 heavy (non-hydrogen) atoms. The van der Waals surface area contributed by atoms with Gasteiger partial charge in [-0.1, -0.05) is 20.8 Å². The molecule has 4 heterocycles. The van der Waals surface area contributed by atoms with Gasteiger partial charge in [0.25, 0.3) is 0 Å². The number of piperidine rings is 1. The van der Waals surface area contributed by atoms with E-state index in [4.69, 9.17) is 4.74 Å². The van der Waals surface area contributed by atoms with E-state index in [1.54, 1.807) is 0 Å². The van der Waals surface area contributed by atoms with Gasteiger partial charge in [-0.15, -0.1) is 0 Å². The molecule has 0 aromatic rings. The third-order valence-corrected chi connectivity index (χ3v) is 7.10. The standard InChI is InChI=1S/C21H35N3O3/c1-20(2,3)19(26)22-11-15-16-12-23(14-21(16)8-7-17(15)27-21)13-18(25)24-9-5-4-6-10-24/h15-17H,4-14H2,1-3H3,(H,22,26)/t15-,16+,17+,21+/m0/s1. The monoisotopic (exact) mass is 377 g/mol. The number of fused-ring (bicyclic) bond motifs is 1. The number of nitrogens with one attached hydrogen (secondary N) is 1. The second kappa shape index (κ2) is 7.03. The predicted octanol–water partition coefficient (Wildman–Crippen LogP) is 1.64. The minimum Gasteiger partial charge on any atom is -0.370 e. The number of carbonyl (C=O) groups is 2. The average Bonchev–Trinajstić information content (AvgIpc) is 3.27. The summed E-state index contributed by atoms with van der Waals surface area (Å²) in [5.74, 6) is 1.19. The first kappa shape index (κ1) is 19.2. The largest absolute Gasteiger partial charge is 0.370 e. The molecule has 4 fully saturated rings. The van der Waals surface area contributed by atoms with Crippen LogP contribution < -0.4 is 5.32 Å². The van der Waals surface area contributed by atoms with Crippen LogP contribution in [-0.4, -0.2) is 72.6 Å². The van der Waals surface area contributed by atoms with Crippen LogP contribution in [0, 0.1) is 17.3 Å². The van der Waals surface area contributed by atoms with Crippen molar-refractivity contribution in [2.45, 2.75) is 64.6 Å². The van der Waals surface area contributed by atoms with Crippen molar-refractivity contribution < 1.29 is 14.3 Å². The average molecular weight is 378 g/mol. The first-order valence-corrected chi connectivity index (χ1v) is 10.7. The molecule has 0 aromatic carbocycles. The Morgan fingerprint density at radius 1 is 1.19 bits per heavy atom. The Morgan fingerprint density at radius 3 is 2.63 bits per heavy atom. The zero-order valence-corrected chi connectivity index (χ0v) is 17.1. The number of rotatable bonds is 4. The molecule has 4 aliphatic rings. The Kier molecular flexibility index (Phi) is 5.00. The second-order valence-corrected chi connectivity index (χ2v) is 10.1. The summed E-state index contributed by atoms with van der Waals surface area (Å²) in [6, 6.07) is 0. The smallest absolute Gasteiger partial charge is 0.236 e. The lowest BCUT2D eigenvalue weighted by Gasteiger charge is -2.30. The summed E-state index contributed by atoms with van der Waals surface area (Å²) in [5, 5.41) is 3.15. The van der Waals surface area contributed by atoms with Crippen molar-refractivity contribution >= 4 is 11.8 Å². The van der Waals surface area contributed by atoms with Crippen LogP contribution in [0.1, 0.15) is 52.9 Å². The van der Waals surface area contributed by atoms with E-state index in [2.05, 4.69) is 10.2 Å². The number of likely N-dealkylation sites (tertiary alicyclic amines) is 2. The lowest BCUT2D eigenvalue weighted by atomic mass is 9.73. The molecule has 0 aromatic heterocycles. The van der Waals surface area contributed by atoms with Crippen LogP contribution in [0.25, 0.3) is 0 Å². The number of amides is 2. The molecule has 6 nitrogen and oxygen atoms in total. The Labute approximate surface area is 163 Å². The van der Waals surface area contributed by atoms with Crippen LogP contribution in [0.5, 0.6) is 0 Å². The summed E-state index contributed by atoms with van der Waals surface area (Å²) in [4.78, 5) is 29.3. The lowest BCUT2D eigenvalue weighted by molar-refractivity contribution is -0.133. The fourth-order valence-corrected chi connectivity index (χ4v) is 5.59. The van der Waals surface area contributed by atoms with E-state index in [0.717, 1.165) is 51.9 Å². The summed E-state index contributed by atoms with van der Waals surface area (Å²) in [5.41, 5.74) is -0.442. The van der Waals surface area contributed by atoms with E-state index in [0.29, 0.717) is 24.9 Å². The van der Waals surface area contributed by atoms with E-state index in [1.807, 2.05) is 25.7 Å². The van der Waals surface area contributed by atoms with Gasteiger partial charge in [0.15, 0.2) is 0 Å². The minimum atomic E-state index is -0.362. The molecule has 4 rings (SSSR count). The molecule has 0 radical (unpaired) electrons. The van der Waals surface area contributed by atoms with Gasteiger partial charge < -0.3 is 15.0 Å². The van der Waals surface area contributed by atoms with Crippen LogP contribution in [-0.2, 0) is 14.3 Å². The SMILES string of the molecule is CC(C)(C)C(=O)NC[C@H]1[C@H]2CN(CC(=O)N3CCCCC3)C[C@]23CC[C@H]1O3. The van der Waals surface area contributed by atoms with Crippen LogP contribution in [0.4, 0.5) is 0 Å². The predicted molar refractivity (Wildman–Crippen MR) is 103 cm³/mol. The highest BCUT2D eigenvalue weighted by Crippen LogP contribution is 2.54. The van der Waals surface area contributed by atoms with Gasteiger partial charge in [0.05, 0.1) is 18.2 Å². The number of ether oxygens (including phenoxy) is 1. The van der Waals surface area contributed by atoms with Crippen molar-refractivity contribution in [3.8, 4) is 0 Å². The van der Waals surface area contributed by atoms with Gasteiger partial charge in [0.1, 0.15) is 0 Å². The zero-order chi connectivity index (χ0) is 19.2. The van der Waals surface area contributed by atoms with Crippen LogP contribution in [0.15, 0.2) is 0 Å². The van der Waals surface area contributed by atoms with Crippen molar-refractivity contribution in [2.24, 2.45) is 17.3 Å². The summed E-state index contributed by atoms with van der Waals surface area (Å²) in [7, 11) is 0. The maximum absolute atomic E-state index is 12.7. The molecule has 4 atom stereocenters. The van der Waals surface area contributed by atoms with E-state index >= 15 is 0 Å². The van der Waals surface area contributed by atoms with Gasteiger partial charge in [-0.25, -0.2) is 0 Å². The Hall–Kier alpha value is -1.14. The molecule has 4 saturated heterocycles. The number of hydrogen-bond donors (Lipinski definition) is 1. The van der Waals surface area contributed by atoms with Crippen molar-refractivity contribution in [2.75, 3.05) is 39.3 Å². The third-order valence-electron chi connectivity index (χ3n) is 7.10. The highest BCUT2D eigenvalue weighted by molar-refractivity contribution is 5.81. The van der Waals surface area contributed by atoms with Crippen LogP contribution >= 0.6 is 0 Å². The fraction of sp³-hybridized carbons (Fsp3) is 0.905. The maximum Gasteiger partial charge on any atom is 0.236 e. The number of nitrogens with zero attached hydrogens (tertiary/aromatic N) is 2. The van der Waals surface area contributed by atoms with Gasteiger partial charge in [-0.3, -0.25) is 14.5 Å². The van der Waals surface area contributed by atoms with E-state index in [1.165, 1.54) is 6.42 Å². The van der Waals surface area contributed by atoms with E-state index in [9.17, 15) is 9.59 Å². The van der Waals surface area contributed by atoms with Crippen molar-refractivity contribution in [1.29, 1.82) is 0 Å². The van der Waals surface area contributed by atoms with E-state index < -0.39 is 0 Å². The molecule has 4 aliphatic heterocycles. The topological polar surface area (TPSA) is 61.9 Å². The molecule has 0 aliphatic carbocycles. The second-order valence-electron chi connectivity index (χ2n) is 10.1. The maximum atomic E-state index is 12.7. The zero-order valence-electron chi connectivity index (χ0n) is 17.1. The van der Waals surface area contributed by atoms with Crippen molar-refractivity contribution in [3.05, 3.63) is 0 Å². The quantitative estimate of drug-likeness (QED) is 0.809. The molecular formula is C21H35N3O3. The normalized spacial score (nSPS) is 36.1. The molecular weight excluding hydrogens is 342 g/mol. The summed E-state index contributed by atoms with van der Waals surface area (Å²) >= 11 is 0. The molecule has 2 bridgehead atoms. The van der Waals surface area contributed by atoms with Gasteiger partial charge in [-0.05, 0) is 32.1 Å². The van der Waals surface area contributed by atoms with E-state index in [-0.39, 0.29) is 28.9 Å². The molecule has 0 saturated carbocycles. The molecule has 0 unspecified atom stereocenters. The first-order valence-electron chi connectivity index (χ1n) is 10.7. The summed E-state index contributed by atoms with van der Waals surface area (Å²) in [6.45, 7) is 10.7. The van der Waals surface area contributed by atoms with Crippen LogP contribution in [0.2, 0.25) is 0 Å². The Morgan fingerprint density at radius 2 is 1.93 bits per heavy atom. The fourth-order valence-electron chi connectivity index (χ4n) is 5.59. The number of carbonyl (C=O) groups excluding carboxylic acids is 2. The molecule has 6 heteroatoms. The molecule has 2 amide bonds. The van der Waals surface area contributed by atoms with Crippen molar-refractivity contribution in [1.82, 2.24) is 15.1 Å².